The Morgan fingerprint density at radius 3 is 2.58 bits per heavy atom. The number of carbonyl (C=O) groups is 3. The molecule has 1 aliphatic carbocycles. The van der Waals surface area contributed by atoms with Crippen molar-refractivity contribution in [2.45, 2.75) is 44.4 Å². The van der Waals surface area contributed by atoms with Crippen molar-refractivity contribution in [3.05, 3.63) is 66.2 Å². The van der Waals surface area contributed by atoms with Gasteiger partial charge in [-0.25, -0.2) is 9.18 Å². The van der Waals surface area contributed by atoms with Gasteiger partial charge < -0.3 is 25.0 Å². The van der Waals surface area contributed by atoms with Gasteiger partial charge in [0.2, 0.25) is 0 Å². The molecular formula is C32H31FN6O5S. The minimum Gasteiger partial charge on any atom is -0.453 e. The number of aromatic nitrogens is 2. The smallest absolute Gasteiger partial charge is 0.319 e. The Bertz CT molecular complexity index is 1750. The third kappa shape index (κ3) is 6.74. The zero-order valence-electron chi connectivity index (χ0n) is 24.3. The first-order valence-electron chi connectivity index (χ1n) is 15.0. The van der Waals surface area contributed by atoms with Crippen LogP contribution in [-0.4, -0.2) is 76.0 Å². The lowest BCUT2D eigenvalue weighted by molar-refractivity contribution is -0.153. The summed E-state index contributed by atoms with van der Waals surface area (Å²) in [5, 5.41) is 5.46. The van der Waals surface area contributed by atoms with E-state index >= 15 is 0 Å². The van der Waals surface area contributed by atoms with Crippen molar-refractivity contribution in [2.75, 3.05) is 31.5 Å². The maximum atomic E-state index is 14.9. The van der Waals surface area contributed by atoms with Gasteiger partial charge in [0, 0.05) is 81.8 Å². The number of carbonyl (C=O) groups excluding carboxylic acids is 3. The van der Waals surface area contributed by atoms with E-state index in [1.165, 1.54) is 23.5 Å². The highest BCUT2D eigenvalue weighted by Gasteiger charge is 2.34. The van der Waals surface area contributed by atoms with E-state index in [9.17, 15) is 18.8 Å². The van der Waals surface area contributed by atoms with Gasteiger partial charge in [0.25, 0.3) is 5.91 Å². The van der Waals surface area contributed by atoms with Crippen molar-refractivity contribution in [2.24, 2.45) is 0 Å². The number of urea groups is 1. The standard InChI is InChI=1S/C32H31FN6O5S/c33-22-15-21(37-32(42)36-20-2-3-20)4-6-25(22)43-26-9-10-34-24-16-28(45-30(24)26)23-5-1-19(17-35-23)18-38-11-13-39(14-12-38)31(41)27-7-8-29(40)44-27/h1,4-6,9-10,15-17,20,27H,2-3,7-8,11-14,18H2,(H2,36,37,42)/t27-/m1/s1. The van der Waals surface area contributed by atoms with Crippen LogP contribution in [0.15, 0.2) is 54.9 Å². The fraction of sp³-hybridized carbons (Fsp3) is 0.344. The number of thiophene rings is 1. The van der Waals surface area contributed by atoms with Crippen LogP contribution in [0.2, 0.25) is 0 Å². The Morgan fingerprint density at radius 1 is 1.02 bits per heavy atom. The molecule has 4 aromatic rings. The first kappa shape index (κ1) is 29.1. The summed E-state index contributed by atoms with van der Waals surface area (Å²) in [6.07, 6.45) is 5.55. The number of benzene rings is 1. The minimum atomic E-state index is -0.630. The number of piperazine rings is 1. The maximum Gasteiger partial charge on any atom is 0.319 e. The molecule has 1 atom stereocenters. The first-order valence-corrected chi connectivity index (χ1v) is 15.8. The second kappa shape index (κ2) is 12.4. The zero-order chi connectivity index (χ0) is 30.9. The number of nitrogens with one attached hydrogen (secondary N) is 2. The molecule has 0 bridgehead atoms. The van der Waals surface area contributed by atoms with Gasteiger partial charge in [-0.15, -0.1) is 11.3 Å². The monoisotopic (exact) mass is 630 g/mol. The molecule has 1 saturated carbocycles. The van der Waals surface area contributed by atoms with E-state index in [0.29, 0.717) is 49.4 Å². The van der Waals surface area contributed by atoms with Crippen LogP contribution in [0.25, 0.3) is 20.8 Å². The van der Waals surface area contributed by atoms with E-state index in [1.807, 2.05) is 24.4 Å². The molecule has 11 nitrogen and oxygen atoms in total. The third-order valence-electron chi connectivity index (χ3n) is 8.03. The van der Waals surface area contributed by atoms with Gasteiger partial charge in [-0.3, -0.25) is 24.5 Å². The molecule has 3 fully saturated rings. The molecule has 45 heavy (non-hydrogen) atoms. The minimum absolute atomic E-state index is 0.0419. The summed E-state index contributed by atoms with van der Waals surface area (Å²) in [4.78, 5) is 50.1. The lowest BCUT2D eigenvalue weighted by Crippen LogP contribution is -2.51. The zero-order valence-corrected chi connectivity index (χ0v) is 25.1. The van der Waals surface area contributed by atoms with Crippen molar-refractivity contribution < 1.29 is 28.2 Å². The number of rotatable bonds is 8. The van der Waals surface area contributed by atoms with Gasteiger partial charge in [0.15, 0.2) is 17.7 Å². The largest absolute Gasteiger partial charge is 0.453 e. The summed E-state index contributed by atoms with van der Waals surface area (Å²) in [7, 11) is 0. The van der Waals surface area contributed by atoms with Crippen LogP contribution in [0.4, 0.5) is 14.9 Å². The molecule has 2 saturated heterocycles. The average molecular weight is 631 g/mol. The van der Waals surface area contributed by atoms with E-state index in [2.05, 4.69) is 20.5 Å². The number of esters is 1. The highest BCUT2D eigenvalue weighted by atomic mass is 32.1. The van der Waals surface area contributed by atoms with Gasteiger partial charge in [0.1, 0.15) is 5.75 Å². The molecule has 0 radical (unpaired) electrons. The van der Waals surface area contributed by atoms with Gasteiger partial charge in [-0.05, 0) is 42.7 Å². The molecule has 0 spiro atoms. The van der Waals surface area contributed by atoms with Crippen LogP contribution in [0, 0.1) is 5.82 Å². The van der Waals surface area contributed by atoms with E-state index in [0.717, 1.165) is 46.8 Å². The number of halogens is 1. The van der Waals surface area contributed by atoms with Crippen molar-refractivity contribution in [3.8, 4) is 22.1 Å². The van der Waals surface area contributed by atoms with E-state index in [1.54, 1.807) is 23.2 Å². The van der Waals surface area contributed by atoms with Crippen molar-refractivity contribution >= 4 is 45.1 Å². The molecule has 2 N–H and O–H groups in total. The topological polar surface area (TPSA) is 126 Å². The molecule has 3 aromatic heterocycles. The SMILES string of the molecule is O=C(Nc1ccc(Oc2ccnc3cc(-c4ccc(CN5CCN(C(=O)[C@H]6CCC(=O)O6)CC5)cn4)sc23)c(F)c1)NC1CC1. The maximum absolute atomic E-state index is 14.9. The molecule has 1 aromatic carbocycles. The summed E-state index contributed by atoms with van der Waals surface area (Å²) in [6, 6.07) is 11.8. The van der Waals surface area contributed by atoms with E-state index < -0.39 is 11.9 Å². The number of fused-ring (bicyclic) bond motifs is 1. The fourth-order valence-electron chi connectivity index (χ4n) is 5.43. The summed E-state index contributed by atoms with van der Waals surface area (Å²) >= 11 is 1.46. The molecule has 0 unspecified atom stereocenters. The summed E-state index contributed by atoms with van der Waals surface area (Å²) in [5.41, 5.74) is 2.91. The molecule has 7 rings (SSSR count). The fourth-order valence-corrected chi connectivity index (χ4v) is 6.48. The van der Waals surface area contributed by atoms with Crippen LogP contribution in [0.5, 0.6) is 11.5 Å². The highest BCUT2D eigenvalue weighted by Crippen LogP contribution is 2.39. The lowest BCUT2D eigenvalue weighted by atomic mass is 10.2. The third-order valence-corrected chi connectivity index (χ3v) is 9.19. The summed E-state index contributed by atoms with van der Waals surface area (Å²) in [6.45, 7) is 3.37. The van der Waals surface area contributed by atoms with Gasteiger partial charge in [-0.1, -0.05) is 6.07 Å². The second-order valence-electron chi connectivity index (χ2n) is 11.4. The number of amides is 3. The molecule has 13 heteroatoms. The molecule has 232 valence electrons. The first-order chi connectivity index (χ1) is 21.9. The number of anilines is 1. The van der Waals surface area contributed by atoms with Crippen LogP contribution < -0.4 is 15.4 Å². The van der Waals surface area contributed by atoms with Crippen molar-refractivity contribution in [1.82, 2.24) is 25.1 Å². The summed E-state index contributed by atoms with van der Waals surface area (Å²) < 4.78 is 26.8. The van der Waals surface area contributed by atoms with E-state index in [-0.39, 0.29) is 29.7 Å². The number of nitrogens with zero attached hydrogens (tertiary/aromatic N) is 4. The number of cyclic esters (lactones) is 1. The van der Waals surface area contributed by atoms with Crippen LogP contribution in [0.1, 0.15) is 31.2 Å². The number of hydrogen-bond donors (Lipinski definition) is 2. The molecule has 5 heterocycles. The van der Waals surface area contributed by atoms with Crippen LogP contribution in [-0.2, 0) is 20.9 Å². The van der Waals surface area contributed by atoms with Crippen molar-refractivity contribution in [3.63, 3.8) is 0 Å². The highest BCUT2D eigenvalue weighted by molar-refractivity contribution is 7.22. The Balaban J connectivity index is 0.972. The van der Waals surface area contributed by atoms with Gasteiger partial charge >= 0.3 is 12.0 Å². The molecule has 3 amide bonds. The van der Waals surface area contributed by atoms with Crippen LogP contribution >= 0.6 is 11.3 Å². The average Bonchev–Trinajstić information content (AvgIpc) is 3.55. The Morgan fingerprint density at radius 2 is 1.87 bits per heavy atom. The predicted octanol–water partition coefficient (Wildman–Crippen LogP) is 4.92. The summed E-state index contributed by atoms with van der Waals surface area (Å²) in [5.74, 6) is -0.470. The molecule has 3 aliphatic rings. The normalized spacial score (nSPS) is 18.6. The molecule has 2 aliphatic heterocycles. The Labute approximate surface area is 262 Å². The Kier molecular flexibility index (Phi) is 8.03. The quantitative estimate of drug-likeness (QED) is 0.263. The predicted molar refractivity (Wildman–Crippen MR) is 165 cm³/mol. The van der Waals surface area contributed by atoms with Gasteiger partial charge in [0.05, 0.1) is 20.8 Å². The molecular weight excluding hydrogens is 599 g/mol. The van der Waals surface area contributed by atoms with Crippen molar-refractivity contribution in [1.29, 1.82) is 0 Å². The second-order valence-corrected chi connectivity index (χ2v) is 12.5. The Hall–Kier alpha value is -4.62. The van der Waals surface area contributed by atoms with Crippen LogP contribution in [0.3, 0.4) is 0 Å². The lowest BCUT2D eigenvalue weighted by Gasteiger charge is -2.35. The number of hydrogen-bond acceptors (Lipinski definition) is 9. The van der Waals surface area contributed by atoms with E-state index in [4.69, 9.17) is 14.5 Å². The van der Waals surface area contributed by atoms with Gasteiger partial charge in [-0.2, -0.15) is 0 Å². The number of ether oxygens (including phenoxy) is 2. The number of pyridine rings is 2.